The number of hydrogen-bond donors (Lipinski definition) is 1. The van der Waals surface area contributed by atoms with E-state index in [2.05, 4.69) is 31.2 Å². The Balaban J connectivity index is 2.08. The molecule has 0 bridgehead atoms. The molecule has 7 heteroatoms. The van der Waals surface area contributed by atoms with Gasteiger partial charge in [0.2, 0.25) is 5.95 Å². The first-order valence-corrected chi connectivity index (χ1v) is 6.13. The molecule has 1 N–H and O–H groups in total. The fourth-order valence-electron chi connectivity index (χ4n) is 1.43. The minimum atomic E-state index is -4.46. The molecule has 0 spiro atoms. The van der Waals surface area contributed by atoms with E-state index >= 15 is 0 Å². The van der Waals surface area contributed by atoms with E-state index in [9.17, 15) is 13.2 Å². The third kappa shape index (κ3) is 3.92. The molecule has 19 heavy (non-hydrogen) atoms. The second kappa shape index (κ2) is 5.56. The maximum atomic E-state index is 12.5. The molecule has 1 heterocycles. The van der Waals surface area contributed by atoms with Gasteiger partial charge in [-0.05, 0) is 23.8 Å². The van der Waals surface area contributed by atoms with E-state index in [-0.39, 0.29) is 5.95 Å². The summed E-state index contributed by atoms with van der Waals surface area (Å²) in [5, 5.41) is 2.76. The lowest BCUT2D eigenvalue weighted by Gasteiger charge is -2.08. The van der Waals surface area contributed by atoms with E-state index in [0.717, 1.165) is 22.3 Å². The summed E-state index contributed by atoms with van der Waals surface area (Å²) in [5.74, 6) is -0.0465. The lowest BCUT2D eigenvalue weighted by atomic mass is 10.2. The molecule has 0 amide bonds. The summed E-state index contributed by atoms with van der Waals surface area (Å²) in [5.41, 5.74) is -0.0466. The highest BCUT2D eigenvalue weighted by molar-refractivity contribution is 9.10. The van der Waals surface area contributed by atoms with Gasteiger partial charge in [0, 0.05) is 17.2 Å². The van der Waals surface area contributed by atoms with Crippen LogP contribution in [0.1, 0.15) is 11.3 Å². The number of benzene rings is 1. The predicted molar refractivity (Wildman–Crippen MR) is 68.5 cm³/mol. The minimum absolute atomic E-state index is 0.0465. The number of rotatable bonds is 3. The predicted octanol–water partition coefficient (Wildman–Crippen LogP) is 3.87. The van der Waals surface area contributed by atoms with Gasteiger partial charge in [0.25, 0.3) is 0 Å². The Labute approximate surface area is 116 Å². The average molecular weight is 332 g/mol. The third-order valence-electron chi connectivity index (χ3n) is 2.29. The van der Waals surface area contributed by atoms with Crippen LogP contribution in [0.15, 0.2) is 41.0 Å². The second-order valence-corrected chi connectivity index (χ2v) is 4.66. The van der Waals surface area contributed by atoms with Crippen molar-refractivity contribution in [3.8, 4) is 0 Å². The molecule has 0 aliphatic rings. The van der Waals surface area contributed by atoms with Crippen molar-refractivity contribution in [2.45, 2.75) is 12.7 Å². The average Bonchev–Trinajstić information content (AvgIpc) is 2.36. The molecule has 0 unspecified atom stereocenters. The zero-order valence-electron chi connectivity index (χ0n) is 9.58. The Morgan fingerprint density at radius 3 is 2.68 bits per heavy atom. The van der Waals surface area contributed by atoms with Crippen LogP contribution in [-0.4, -0.2) is 9.97 Å². The van der Waals surface area contributed by atoms with Crippen LogP contribution in [-0.2, 0) is 12.7 Å². The molecule has 0 aliphatic heterocycles. The number of aromatic nitrogens is 2. The lowest BCUT2D eigenvalue weighted by Crippen LogP contribution is -2.11. The molecule has 0 saturated carbocycles. The fraction of sp³-hybridized carbons (Fsp3) is 0.167. The van der Waals surface area contributed by atoms with E-state index in [0.29, 0.717) is 6.54 Å². The highest BCUT2D eigenvalue weighted by Crippen LogP contribution is 2.27. The molecule has 3 nitrogen and oxygen atoms in total. The smallest absolute Gasteiger partial charge is 0.350 e. The molecule has 100 valence electrons. The zero-order valence-corrected chi connectivity index (χ0v) is 11.2. The summed E-state index contributed by atoms with van der Waals surface area (Å²) in [6, 6.07) is 8.26. The summed E-state index contributed by atoms with van der Waals surface area (Å²) in [7, 11) is 0. The van der Waals surface area contributed by atoms with Crippen molar-refractivity contribution in [2.75, 3.05) is 5.32 Å². The van der Waals surface area contributed by atoms with Crippen LogP contribution in [0.4, 0.5) is 19.1 Å². The Morgan fingerprint density at radius 2 is 2.00 bits per heavy atom. The molecule has 0 aliphatic carbocycles. The van der Waals surface area contributed by atoms with Crippen LogP contribution >= 0.6 is 15.9 Å². The number of nitrogens with zero attached hydrogens (tertiary/aromatic N) is 2. The maximum absolute atomic E-state index is 12.5. The van der Waals surface area contributed by atoms with E-state index < -0.39 is 11.9 Å². The van der Waals surface area contributed by atoms with Gasteiger partial charge in [-0.3, -0.25) is 0 Å². The minimum Gasteiger partial charge on any atom is -0.350 e. The van der Waals surface area contributed by atoms with Gasteiger partial charge in [0.15, 0.2) is 0 Å². The van der Waals surface area contributed by atoms with E-state index in [1.807, 2.05) is 24.3 Å². The van der Waals surface area contributed by atoms with Crippen molar-refractivity contribution < 1.29 is 13.2 Å². The molecular formula is C12H9BrF3N3. The van der Waals surface area contributed by atoms with E-state index in [1.54, 1.807) is 0 Å². The Bertz CT molecular complexity index is 572. The van der Waals surface area contributed by atoms with Crippen LogP contribution in [0.25, 0.3) is 0 Å². The topological polar surface area (TPSA) is 37.8 Å². The van der Waals surface area contributed by atoms with Gasteiger partial charge in [-0.2, -0.15) is 13.2 Å². The summed E-state index contributed by atoms with van der Waals surface area (Å²) in [4.78, 5) is 7.18. The summed E-state index contributed by atoms with van der Waals surface area (Å²) in [6.45, 7) is 0.348. The third-order valence-corrected chi connectivity index (χ3v) is 2.78. The van der Waals surface area contributed by atoms with Crippen LogP contribution in [0.5, 0.6) is 0 Å². The van der Waals surface area contributed by atoms with Crippen molar-refractivity contribution >= 4 is 21.9 Å². The van der Waals surface area contributed by atoms with Gasteiger partial charge in [-0.15, -0.1) is 0 Å². The number of hydrogen-bond acceptors (Lipinski definition) is 3. The quantitative estimate of drug-likeness (QED) is 0.927. The summed E-state index contributed by atoms with van der Waals surface area (Å²) < 4.78 is 38.3. The van der Waals surface area contributed by atoms with Gasteiger partial charge in [0.05, 0.1) is 0 Å². The Morgan fingerprint density at radius 1 is 1.21 bits per heavy atom. The molecular weight excluding hydrogens is 323 g/mol. The summed E-state index contributed by atoms with van der Waals surface area (Å²) >= 11 is 3.32. The van der Waals surface area contributed by atoms with Gasteiger partial charge >= 0.3 is 6.18 Å². The highest BCUT2D eigenvalue weighted by atomic mass is 79.9. The van der Waals surface area contributed by atoms with Crippen LogP contribution in [0.2, 0.25) is 0 Å². The van der Waals surface area contributed by atoms with Crippen molar-refractivity contribution in [1.82, 2.24) is 9.97 Å². The van der Waals surface area contributed by atoms with Crippen molar-refractivity contribution in [3.63, 3.8) is 0 Å². The molecule has 2 aromatic rings. The largest absolute Gasteiger partial charge is 0.433 e. The standard InChI is InChI=1S/C12H9BrF3N3/c13-9-3-1-2-8(6-9)7-18-11-17-5-4-10(19-11)12(14,15)16/h1-6H,7H2,(H,17,18,19). The number of anilines is 1. The first-order valence-electron chi connectivity index (χ1n) is 5.34. The van der Waals surface area contributed by atoms with E-state index in [4.69, 9.17) is 0 Å². The van der Waals surface area contributed by atoms with Gasteiger partial charge in [0.1, 0.15) is 5.69 Å². The van der Waals surface area contributed by atoms with Crippen molar-refractivity contribution in [1.29, 1.82) is 0 Å². The fourth-order valence-corrected chi connectivity index (χ4v) is 1.88. The highest BCUT2D eigenvalue weighted by Gasteiger charge is 2.32. The molecule has 0 radical (unpaired) electrons. The number of halogens is 4. The Kier molecular flexibility index (Phi) is 4.04. The van der Waals surface area contributed by atoms with Crippen LogP contribution < -0.4 is 5.32 Å². The number of alkyl halides is 3. The van der Waals surface area contributed by atoms with Crippen LogP contribution in [0.3, 0.4) is 0 Å². The van der Waals surface area contributed by atoms with Gasteiger partial charge in [-0.1, -0.05) is 28.1 Å². The summed E-state index contributed by atoms with van der Waals surface area (Å²) in [6.07, 6.45) is -3.38. The zero-order chi connectivity index (χ0) is 13.9. The molecule has 1 aromatic heterocycles. The molecule has 0 fully saturated rings. The van der Waals surface area contributed by atoms with Gasteiger partial charge in [-0.25, -0.2) is 9.97 Å². The monoisotopic (exact) mass is 331 g/mol. The SMILES string of the molecule is FC(F)(F)c1ccnc(NCc2cccc(Br)c2)n1. The second-order valence-electron chi connectivity index (χ2n) is 3.75. The molecule has 0 atom stereocenters. The molecule has 0 saturated heterocycles. The van der Waals surface area contributed by atoms with Gasteiger partial charge < -0.3 is 5.32 Å². The number of nitrogens with one attached hydrogen (secondary N) is 1. The van der Waals surface area contributed by atoms with Crippen molar-refractivity contribution in [2.24, 2.45) is 0 Å². The van der Waals surface area contributed by atoms with E-state index in [1.165, 1.54) is 0 Å². The molecule has 1 aromatic carbocycles. The Hall–Kier alpha value is -1.63. The normalized spacial score (nSPS) is 11.4. The van der Waals surface area contributed by atoms with Crippen molar-refractivity contribution in [3.05, 3.63) is 52.3 Å². The lowest BCUT2D eigenvalue weighted by molar-refractivity contribution is -0.141. The maximum Gasteiger partial charge on any atom is 0.433 e. The molecule has 2 rings (SSSR count). The van der Waals surface area contributed by atoms with Crippen LogP contribution in [0, 0.1) is 0 Å². The first kappa shape index (κ1) is 13.8. The first-order chi connectivity index (χ1) is 8.95.